The zero-order valence-corrected chi connectivity index (χ0v) is 19.0. The van der Waals surface area contributed by atoms with Gasteiger partial charge in [0.05, 0.1) is 12.0 Å². The topological polar surface area (TPSA) is 49.9 Å². The maximum absolute atomic E-state index is 13.2. The molecule has 0 unspecified atom stereocenters. The van der Waals surface area contributed by atoms with Crippen molar-refractivity contribution in [3.63, 3.8) is 0 Å². The quantitative estimate of drug-likeness (QED) is 0.657. The van der Waals surface area contributed by atoms with Crippen molar-refractivity contribution in [3.8, 4) is 11.1 Å². The molecule has 2 aromatic rings. The van der Waals surface area contributed by atoms with Gasteiger partial charge in [-0.05, 0) is 49.3 Å². The lowest BCUT2D eigenvalue weighted by molar-refractivity contribution is -0.135. The molecule has 2 amide bonds. The van der Waals surface area contributed by atoms with E-state index in [-0.39, 0.29) is 23.8 Å². The van der Waals surface area contributed by atoms with E-state index in [1.54, 1.807) is 0 Å². The molecule has 4 rings (SSSR count). The molecular weight excluding hydrogens is 400 g/mol. The van der Waals surface area contributed by atoms with E-state index in [1.165, 1.54) is 11.1 Å². The third-order valence-electron chi connectivity index (χ3n) is 6.72. The minimum Gasteiger partial charge on any atom is -0.378 e. The van der Waals surface area contributed by atoms with Crippen LogP contribution in [0.15, 0.2) is 54.6 Å². The summed E-state index contributed by atoms with van der Waals surface area (Å²) in [5.74, 6) is 0.108. The van der Waals surface area contributed by atoms with E-state index in [0.717, 1.165) is 31.4 Å². The van der Waals surface area contributed by atoms with Crippen LogP contribution in [0.2, 0.25) is 0 Å². The number of likely N-dealkylation sites (N-methyl/N-ethyl adjacent to an activating group) is 1. The number of hydrogen-bond acceptors (Lipinski definition) is 3. The number of carbonyl (C=O) groups excluding carboxylic acids is 2. The molecule has 0 saturated carbocycles. The van der Waals surface area contributed by atoms with Gasteiger partial charge >= 0.3 is 0 Å². The fourth-order valence-electron chi connectivity index (χ4n) is 4.80. The van der Waals surface area contributed by atoms with Crippen molar-refractivity contribution >= 4 is 11.8 Å². The number of amides is 2. The van der Waals surface area contributed by atoms with Crippen molar-refractivity contribution in [2.24, 2.45) is 5.92 Å². The molecule has 2 aliphatic heterocycles. The highest BCUT2D eigenvalue weighted by Crippen LogP contribution is 2.23. The van der Waals surface area contributed by atoms with Gasteiger partial charge < -0.3 is 14.5 Å². The fourth-order valence-corrected chi connectivity index (χ4v) is 4.80. The number of ether oxygens (including phenoxy) is 1. The number of rotatable bonds is 7. The SMILES string of the molecule is CCN1CCN(C(=O)CC[C@H]2CCCO2)C[C@H](Cc2ccc(-c3ccccc3)cc2)C1=O. The molecule has 2 aliphatic rings. The summed E-state index contributed by atoms with van der Waals surface area (Å²) in [6.07, 6.45) is 4.30. The van der Waals surface area contributed by atoms with Crippen molar-refractivity contribution in [2.75, 3.05) is 32.8 Å². The Balaban J connectivity index is 1.42. The summed E-state index contributed by atoms with van der Waals surface area (Å²) in [5.41, 5.74) is 3.49. The van der Waals surface area contributed by atoms with Gasteiger partial charge in [-0.25, -0.2) is 0 Å². The second-order valence-corrected chi connectivity index (χ2v) is 8.90. The first-order chi connectivity index (χ1) is 15.6. The molecule has 5 nitrogen and oxygen atoms in total. The lowest BCUT2D eigenvalue weighted by atomic mass is 9.95. The lowest BCUT2D eigenvalue weighted by Gasteiger charge is -2.24. The molecule has 0 radical (unpaired) electrons. The van der Waals surface area contributed by atoms with E-state index >= 15 is 0 Å². The monoisotopic (exact) mass is 434 g/mol. The predicted octanol–water partition coefficient (Wildman–Crippen LogP) is 4.16. The molecule has 32 heavy (non-hydrogen) atoms. The Morgan fingerprint density at radius 3 is 2.47 bits per heavy atom. The highest BCUT2D eigenvalue weighted by atomic mass is 16.5. The summed E-state index contributed by atoms with van der Waals surface area (Å²) in [5, 5.41) is 0. The maximum atomic E-state index is 13.2. The van der Waals surface area contributed by atoms with Crippen LogP contribution in [-0.4, -0.2) is 60.5 Å². The average Bonchev–Trinajstić information content (AvgIpc) is 3.30. The summed E-state index contributed by atoms with van der Waals surface area (Å²) >= 11 is 0. The van der Waals surface area contributed by atoms with Crippen LogP contribution in [-0.2, 0) is 20.7 Å². The van der Waals surface area contributed by atoms with E-state index in [9.17, 15) is 9.59 Å². The number of nitrogens with zero attached hydrogens (tertiary/aromatic N) is 2. The highest BCUT2D eigenvalue weighted by Gasteiger charge is 2.32. The number of benzene rings is 2. The molecule has 2 heterocycles. The molecule has 2 saturated heterocycles. The van der Waals surface area contributed by atoms with Gasteiger partial charge in [0.15, 0.2) is 0 Å². The highest BCUT2D eigenvalue weighted by molar-refractivity contribution is 5.82. The van der Waals surface area contributed by atoms with Crippen molar-refractivity contribution in [1.29, 1.82) is 0 Å². The van der Waals surface area contributed by atoms with Gasteiger partial charge in [-0.15, -0.1) is 0 Å². The van der Waals surface area contributed by atoms with Gasteiger partial charge in [0.1, 0.15) is 0 Å². The van der Waals surface area contributed by atoms with Crippen LogP contribution in [0.25, 0.3) is 11.1 Å². The van der Waals surface area contributed by atoms with Crippen LogP contribution in [0, 0.1) is 5.92 Å². The van der Waals surface area contributed by atoms with Crippen LogP contribution in [0.4, 0.5) is 0 Å². The first-order valence-corrected chi connectivity index (χ1v) is 12.0. The summed E-state index contributed by atoms with van der Waals surface area (Å²) in [6, 6.07) is 18.8. The third-order valence-corrected chi connectivity index (χ3v) is 6.72. The fraction of sp³-hybridized carbons (Fsp3) is 0.481. The molecule has 0 aromatic heterocycles. The van der Waals surface area contributed by atoms with Crippen LogP contribution < -0.4 is 0 Å². The van der Waals surface area contributed by atoms with Crippen molar-refractivity contribution in [1.82, 2.24) is 9.80 Å². The third kappa shape index (κ3) is 5.57. The van der Waals surface area contributed by atoms with Crippen LogP contribution in [0.5, 0.6) is 0 Å². The Kier molecular flexibility index (Phi) is 7.59. The molecule has 2 aromatic carbocycles. The Morgan fingerprint density at radius 2 is 1.78 bits per heavy atom. The standard InChI is InChI=1S/C27H34N2O3/c1-2-28-16-17-29(26(30)15-14-25-9-6-18-32-25)20-24(27(28)31)19-21-10-12-23(13-11-21)22-7-4-3-5-8-22/h3-5,7-8,10-13,24-25H,2,6,9,14-20H2,1H3/t24-,25+/m0/s1. The molecular formula is C27H34N2O3. The van der Waals surface area contributed by atoms with Gasteiger partial charge in [0.2, 0.25) is 11.8 Å². The van der Waals surface area contributed by atoms with Crippen LogP contribution in [0.1, 0.15) is 38.2 Å². The summed E-state index contributed by atoms with van der Waals surface area (Å²) in [4.78, 5) is 29.9. The molecule has 0 bridgehead atoms. The van der Waals surface area contributed by atoms with Gasteiger partial charge in [-0.2, -0.15) is 0 Å². The largest absolute Gasteiger partial charge is 0.378 e. The average molecular weight is 435 g/mol. The molecule has 5 heteroatoms. The van der Waals surface area contributed by atoms with Crippen molar-refractivity contribution < 1.29 is 14.3 Å². The van der Waals surface area contributed by atoms with Gasteiger partial charge in [-0.3, -0.25) is 9.59 Å². The molecule has 2 fully saturated rings. The Morgan fingerprint density at radius 1 is 1.03 bits per heavy atom. The Bertz CT molecular complexity index is 891. The van der Waals surface area contributed by atoms with E-state index in [0.29, 0.717) is 39.0 Å². The van der Waals surface area contributed by atoms with E-state index in [1.807, 2.05) is 34.9 Å². The minimum absolute atomic E-state index is 0.149. The Hall–Kier alpha value is -2.66. The summed E-state index contributed by atoms with van der Waals surface area (Å²) < 4.78 is 5.68. The van der Waals surface area contributed by atoms with Gasteiger partial charge in [0.25, 0.3) is 0 Å². The molecule has 0 aliphatic carbocycles. The van der Waals surface area contributed by atoms with Crippen molar-refractivity contribution in [3.05, 3.63) is 60.2 Å². The molecule has 0 spiro atoms. The summed E-state index contributed by atoms with van der Waals surface area (Å²) in [6.45, 7) is 5.24. The second-order valence-electron chi connectivity index (χ2n) is 8.90. The number of hydrogen-bond donors (Lipinski definition) is 0. The Labute approximate surface area is 191 Å². The minimum atomic E-state index is -0.202. The first kappa shape index (κ1) is 22.5. The maximum Gasteiger partial charge on any atom is 0.227 e. The normalized spacial score (nSPS) is 21.6. The molecule has 170 valence electrons. The van der Waals surface area contributed by atoms with Gasteiger partial charge in [0, 0.05) is 39.2 Å². The molecule has 0 N–H and O–H groups in total. The lowest BCUT2D eigenvalue weighted by Crippen LogP contribution is -2.38. The van der Waals surface area contributed by atoms with Crippen LogP contribution >= 0.6 is 0 Å². The molecule has 2 atom stereocenters. The van der Waals surface area contributed by atoms with E-state index in [2.05, 4.69) is 36.4 Å². The smallest absolute Gasteiger partial charge is 0.227 e. The zero-order valence-electron chi connectivity index (χ0n) is 19.0. The zero-order chi connectivity index (χ0) is 22.3. The second kappa shape index (κ2) is 10.8. The van der Waals surface area contributed by atoms with Crippen LogP contribution in [0.3, 0.4) is 0 Å². The summed E-state index contributed by atoms with van der Waals surface area (Å²) in [7, 11) is 0. The number of carbonyl (C=O) groups is 2. The van der Waals surface area contributed by atoms with E-state index in [4.69, 9.17) is 4.74 Å². The first-order valence-electron chi connectivity index (χ1n) is 12.0. The van der Waals surface area contributed by atoms with Gasteiger partial charge in [-0.1, -0.05) is 54.6 Å². The predicted molar refractivity (Wildman–Crippen MR) is 126 cm³/mol. The van der Waals surface area contributed by atoms with Crippen molar-refractivity contribution in [2.45, 2.75) is 45.1 Å². The van der Waals surface area contributed by atoms with E-state index < -0.39 is 0 Å².